The molecular formula is C113H182O21. The van der Waals surface area contributed by atoms with Crippen molar-refractivity contribution < 1.29 is 99.8 Å². The van der Waals surface area contributed by atoms with Gasteiger partial charge in [-0.15, -0.1) is 0 Å². The Labute approximate surface area is 806 Å². The Balaban J connectivity index is 0.000000117. The molecule has 8 aliphatic carbocycles. The summed E-state index contributed by atoms with van der Waals surface area (Å²) in [7, 11) is 0. The molecule has 0 N–H and O–H groups in total. The van der Waals surface area contributed by atoms with Gasteiger partial charge in [0.2, 0.25) is 0 Å². The van der Waals surface area contributed by atoms with Crippen LogP contribution < -0.4 is 0 Å². The van der Waals surface area contributed by atoms with Crippen molar-refractivity contribution in [2.24, 2.45) is 118 Å². The van der Waals surface area contributed by atoms with E-state index in [1.54, 1.807) is 0 Å². The fraction of sp³-hybridized carbons (Fsp3) is 0.947. The van der Waals surface area contributed by atoms with Gasteiger partial charge in [-0.1, -0.05) is 130 Å². The fourth-order valence-corrected chi connectivity index (χ4v) is 33.8. The average Bonchev–Trinajstić information content (AvgIpc) is 1.56. The van der Waals surface area contributed by atoms with Gasteiger partial charge in [-0.05, 0) is 320 Å². The SMILES string of the molecule is CCC1OC(CC)C2C1C1CC(C)(C(=O)OC3(CC)CCCC3)C2O1.CCC1OC(CC)C2C3CC(CC3C(=O)OC(C)(C)C3CCCCC3)C12.CCC1OC(CC)C2C3OC(C(C(=O)OC4(CC)CCCC4)C3C(=O)OC3(CC)CCCC3)C12.CCC1OC(CC)C2C3OC(C(C)C3C(=O)OC3(CC)CCCC3)C12.CCC1OC(CC)C2C3OC(CC3C(=O)OC3(CC)CCCC3)C12. The lowest BCUT2D eigenvalue weighted by Crippen LogP contribution is -2.51. The monoisotopic (exact) mass is 1880 g/mol. The minimum absolute atomic E-state index is 0.000462. The summed E-state index contributed by atoms with van der Waals surface area (Å²) in [4.78, 5) is 80.2. The molecule has 10 bridgehead atoms. The number of hydrogen-bond acceptors (Lipinski definition) is 21. The lowest BCUT2D eigenvalue weighted by atomic mass is 9.64. The molecule has 37 unspecified atom stereocenters. The van der Waals surface area contributed by atoms with Crippen molar-refractivity contribution in [3.8, 4) is 0 Å². The molecular weight excluding hydrogens is 1690 g/mol. The van der Waals surface area contributed by atoms with Gasteiger partial charge in [0.15, 0.2) is 0 Å². The highest BCUT2D eigenvalue weighted by Gasteiger charge is 2.74. The third-order valence-electron chi connectivity index (χ3n) is 41.2. The van der Waals surface area contributed by atoms with E-state index in [4.69, 9.17) is 71.1 Å². The first-order valence-electron chi connectivity index (χ1n) is 56.8. The van der Waals surface area contributed by atoms with Crippen LogP contribution in [0.3, 0.4) is 0 Å². The first kappa shape index (κ1) is 102. The smallest absolute Gasteiger partial charge is 0.315 e. The molecule has 760 valence electrons. The number of rotatable bonds is 28. The van der Waals surface area contributed by atoms with Crippen LogP contribution in [0, 0.1) is 118 Å². The summed E-state index contributed by atoms with van der Waals surface area (Å²) in [6, 6.07) is 0. The molecule has 21 aliphatic rings. The maximum atomic E-state index is 13.8. The first-order valence-corrected chi connectivity index (χ1v) is 56.8. The fourth-order valence-electron chi connectivity index (χ4n) is 33.8. The highest BCUT2D eigenvalue weighted by molar-refractivity contribution is 5.85. The summed E-state index contributed by atoms with van der Waals surface area (Å²) in [6.45, 7) is 41.2. The van der Waals surface area contributed by atoms with Gasteiger partial charge in [0.05, 0.1) is 145 Å². The summed E-state index contributed by atoms with van der Waals surface area (Å²) in [5.41, 5.74) is -2.20. The van der Waals surface area contributed by atoms with Crippen molar-refractivity contribution in [3.63, 3.8) is 0 Å². The van der Waals surface area contributed by atoms with Crippen LogP contribution in [-0.4, -0.2) is 179 Å². The Hall–Kier alpha value is -3.54. The van der Waals surface area contributed by atoms with Crippen LogP contribution in [0.15, 0.2) is 0 Å². The highest BCUT2D eigenvalue weighted by atomic mass is 16.6. The number of hydrogen-bond donors (Lipinski definition) is 0. The number of fused-ring (bicyclic) bond motifs is 25. The number of carbonyl (C=O) groups excluding carboxylic acids is 6. The summed E-state index contributed by atoms with van der Waals surface area (Å²) >= 11 is 0. The Morgan fingerprint density at radius 1 is 0.306 bits per heavy atom. The molecule has 0 amide bonds. The largest absolute Gasteiger partial charge is 0.459 e. The zero-order valence-electron chi connectivity index (χ0n) is 86.5. The molecule has 21 rings (SSSR count). The third-order valence-corrected chi connectivity index (χ3v) is 41.2. The molecule has 13 aliphatic heterocycles. The normalized spacial score (nSPS) is 44.6. The van der Waals surface area contributed by atoms with Crippen molar-refractivity contribution in [1.82, 2.24) is 0 Å². The number of ether oxygens (including phenoxy) is 15. The summed E-state index contributed by atoms with van der Waals surface area (Å²) in [5.74, 6) is 4.42. The van der Waals surface area contributed by atoms with E-state index in [-0.39, 0.29) is 184 Å². The van der Waals surface area contributed by atoms with E-state index in [1.807, 2.05) is 0 Å². The molecule has 13 heterocycles. The Morgan fingerprint density at radius 3 is 1.05 bits per heavy atom. The Kier molecular flexibility index (Phi) is 31.7. The zero-order chi connectivity index (χ0) is 95.0. The van der Waals surface area contributed by atoms with E-state index in [9.17, 15) is 28.8 Å². The van der Waals surface area contributed by atoms with Crippen molar-refractivity contribution in [2.45, 2.75) is 558 Å². The molecule has 0 aromatic rings. The van der Waals surface area contributed by atoms with Gasteiger partial charge in [-0.3, -0.25) is 28.8 Å². The molecule has 134 heavy (non-hydrogen) atoms. The van der Waals surface area contributed by atoms with Crippen LogP contribution in [0.2, 0.25) is 0 Å². The van der Waals surface area contributed by atoms with E-state index in [0.29, 0.717) is 95.6 Å². The Morgan fingerprint density at radius 2 is 0.642 bits per heavy atom. The van der Waals surface area contributed by atoms with Crippen LogP contribution in [0.25, 0.3) is 0 Å². The maximum Gasteiger partial charge on any atom is 0.315 e. The second-order valence-corrected chi connectivity index (χ2v) is 47.8. The lowest BCUT2D eigenvalue weighted by Gasteiger charge is -2.39. The lowest BCUT2D eigenvalue weighted by molar-refractivity contribution is -0.180. The van der Waals surface area contributed by atoms with E-state index >= 15 is 0 Å². The van der Waals surface area contributed by atoms with Crippen LogP contribution >= 0.6 is 0 Å². The molecule has 37 atom stereocenters. The average molecular weight is 1880 g/mol. The summed E-state index contributed by atoms with van der Waals surface area (Å²) in [5, 5.41) is 0. The zero-order valence-corrected chi connectivity index (χ0v) is 86.5. The second kappa shape index (κ2) is 41.7. The molecule has 0 spiro atoms. The van der Waals surface area contributed by atoms with E-state index in [0.717, 1.165) is 205 Å². The molecule has 13 saturated heterocycles. The molecule has 21 heteroatoms. The number of esters is 6. The topological polar surface area (TPSA) is 241 Å². The molecule has 21 fully saturated rings. The minimum atomic E-state index is -0.591. The van der Waals surface area contributed by atoms with Crippen LogP contribution in [0.4, 0.5) is 0 Å². The van der Waals surface area contributed by atoms with Crippen molar-refractivity contribution in [3.05, 3.63) is 0 Å². The molecule has 0 aromatic heterocycles. The first-order chi connectivity index (χ1) is 64.5. The molecule has 21 nitrogen and oxygen atoms in total. The number of carbonyl (C=O) groups is 6. The predicted octanol–water partition coefficient (Wildman–Crippen LogP) is 22.9. The van der Waals surface area contributed by atoms with Crippen molar-refractivity contribution in [2.75, 3.05) is 0 Å². The van der Waals surface area contributed by atoms with Gasteiger partial charge in [-0.25, -0.2) is 0 Å². The van der Waals surface area contributed by atoms with Crippen LogP contribution in [0.1, 0.15) is 414 Å². The molecule has 0 radical (unpaired) electrons. The van der Waals surface area contributed by atoms with E-state index < -0.39 is 17.3 Å². The van der Waals surface area contributed by atoms with Gasteiger partial charge >= 0.3 is 35.8 Å². The third kappa shape index (κ3) is 18.3. The van der Waals surface area contributed by atoms with Gasteiger partial charge in [-0.2, -0.15) is 0 Å². The van der Waals surface area contributed by atoms with Gasteiger partial charge in [0.1, 0.15) is 33.6 Å². The summed E-state index contributed by atoms with van der Waals surface area (Å²) in [6.07, 6.45) is 48.4. The van der Waals surface area contributed by atoms with Crippen molar-refractivity contribution >= 4 is 35.8 Å². The van der Waals surface area contributed by atoms with E-state index in [2.05, 4.69) is 132 Å². The van der Waals surface area contributed by atoms with Crippen molar-refractivity contribution in [1.29, 1.82) is 0 Å². The second-order valence-electron chi connectivity index (χ2n) is 47.8. The molecule has 0 aromatic carbocycles. The predicted molar refractivity (Wildman–Crippen MR) is 511 cm³/mol. The molecule has 8 saturated carbocycles. The van der Waals surface area contributed by atoms with E-state index in [1.165, 1.54) is 77.0 Å². The van der Waals surface area contributed by atoms with Gasteiger partial charge in [0.25, 0.3) is 0 Å². The quantitative estimate of drug-likeness (QED) is 0.0522. The highest BCUT2D eigenvalue weighted by Crippen LogP contribution is 2.66. The maximum absolute atomic E-state index is 13.8. The van der Waals surface area contributed by atoms with Gasteiger partial charge in [0, 0.05) is 47.3 Å². The minimum Gasteiger partial charge on any atom is -0.459 e. The standard InChI is InChI=1S/C28H44O6.C23H38O3.2C21H34O4.C20H32O4/c1-5-17-19-20(18(6-2)31-17)24-22(26(30)34-28(8-4)15-11-12-16-28)21(23(19)32-24)25(29)33-27(7-3)13-9-10-14-27;1-5-18-20-14-12-16(21(20)19(6-2)25-18)17(13-14)22(24)26-23(3,4)15-10-8-7-9-11-15;1-5-13-16-15-12-20(4,18(24-15)17(16)14(6-2)23-13)19(22)25-21(7-3)10-8-9-11-21;1-5-13-16-17(14(6-2)23-13)19-15(12(4)18(16)24-19)20(22)25-21(7-3)10-8-9-11-21;1-4-13-16-15-11-12(18(23-15)17(16)14(5-2)22-13)19(21)24-20(6-3)9-7-8-10-20/h17-24H,5-16H2,1-4H3;14-21H,5-13H2,1-4H3;13-18H,5-12H2,1-4H3;12-19H,5-11H2,1-4H3;12-18H,4-11H2,1-3H3. The van der Waals surface area contributed by atoms with Crippen LogP contribution in [0.5, 0.6) is 0 Å². The van der Waals surface area contributed by atoms with Crippen LogP contribution in [-0.2, 0) is 99.8 Å². The summed E-state index contributed by atoms with van der Waals surface area (Å²) < 4.78 is 94.6. The van der Waals surface area contributed by atoms with Gasteiger partial charge < -0.3 is 71.1 Å². The Bertz CT molecular complexity index is 3890.